The Bertz CT molecular complexity index is 1090. The van der Waals surface area contributed by atoms with E-state index >= 15 is 0 Å². The maximum absolute atomic E-state index is 12.6. The molecular weight excluding hydrogens is 432 g/mol. The quantitative estimate of drug-likeness (QED) is 0.492. The van der Waals surface area contributed by atoms with Crippen LogP contribution in [-0.4, -0.2) is 47.0 Å². The third-order valence-electron chi connectivity index (χ3n) is 6.03. The minimum atomic E-state index is 0.245. The van der Waals surface area contributed by atoms with E-state index in [0.717, 1.165) is 66.1 Å². The maximum atomic E-state index is 12.6. The van der Waals surface area contributed by atoms with Gasteiger partial charge in [-0.2, -0.15) is 0 Å². The Labute approximate surface area is 201 Å². The topological polar surface area (TPSA) is 49.3 Å². The fourth-order valence-corrected chi connectivity index (χ4v) is 4.34. The van der Waals surface area contributed by atoms with Gasteiger partial charge in [0, 0.05) is 60.9 Å². The molecule has 2 aromatic carbocycles. The lowest BCUT2D eigenvalue weighted by Gasteiger charge is -2.37. The molecule has 1 aliphatic rings. The Balaban J connectivity index is 1.64. The smallest absolute Gasteiger partial charge is 0.222 e. The summed E-state index contributed by atoms with van der Waals surface area (Å²) in [4.78, 5) is 26.8. The van der Waals surface area contributed by atoms with Crippen molar-refractivity contribution in [3.8, 4) is 11.4 Å². The van der Waals surface area contributed by atoms with Gasteiger partial charge in [-0.1, -0.05) is 67.9 Å². The Kier molecular flexibility index (Phi) is 7.29. The molecule has 0 radical (unpaired) electrons. The summed E-state index contributed by atoms with van der Waals surface area (Å²) < 4.78 is 0. The van der Waals surface area contributed by atoms with Gasteiger partial charge in [-0.3, -0.25) is 4.79 Å². The highest BCUT2D eigenvalue weighted by atomic mass is 35.5. The Hall–Kier alpha value is -2.92. The number of piperazine rings is 1. The van der Waals surface area contributed by atoms with Crippen LogP contribution in [-0.2, 0) is 11.2 Å². The first-order valence-corrected chi connectivity index (χ1v) is 12.0. The molecule has 0 bridgehead atoms. The highest BCUT2D eigenvalue weighted by Crippen LogP contribution is 2.28. The van der Waals surface area contributed by atoms with Gasteiger partial charge in [0.15, 0.2) is 5.82 Å². The first-order valence-electron chi connectivity index (χ1n) is 11.6. The van der Waals surface area contributed by atoms with Gasteiger partial charge < -0.3 is 9.80 Å². The van der Waals surface area contributed by atoms with Gasteiger partial charge in [-0.05, 0) is 30.5 Å². The van der Waals surface area contributed by atoms with Crippen molar-refractivity contribution in [3.63, 3.8) is 0 Å². The standard InChI is InChI=1S/C27H31ClN4O/c1-19(2)17-25(33)31-13-15-32(16-14-31)27-24(18-21-9-11-23(28)12-10-21)20(3)29-26(30-27)22-7-5-4-6-8-22/h4-12,19H,13-18H2,1-3H3. The van der Waals surface area contributed by atoms with Gasteiger partial charge in [-0.15, -0.1) is 0 Å². The second kappa shape index (κ2) is 10.3. The number of hydrogen-bond acceptors (Lipinski definition) is 4. The van der Waals surface area contributed by atoms with Crippen LogP contribution in [0.2, 0.25) is 5.02 Å². The van der Waals surface area contributed by atoms with Gasteiger partial charge in [-0.25, -0.2) is 9.97 Å². The van der Waals surface area contributed by atoms with Gasteiger partial charge >= 0.3 is 0 Å². The molecule has 0 aliphatic carbocycles. The molecule has 4 rings (SSSR count). The van der Waals surface area contributed by atoms with E-state index in [4.69, 9.17) is 21.6 Å². The van der Waals surface area contributed by atoms with Crippen LogP contribution < -0.4 is 4.90 Å². The van der Waals surface area contributed by atoms with Crippen LogP contribution >= 0.6 is 11.6 Å². The summed E-state index contributed by atoms with van der Waals surface area (Å²) in [6.07, 6.45) is 1.34. The van der Waals surface area contributed by atoms with Crippen LogP contribution in [0.4, 0.5) is 5.82 Å². The van der Waals surface area contributed by atoms with E-state index in [2.05, 4.69) is 37.8 Å². The number of hydrogen-bond donors (Lipinski definition) is 0. The summed E-state index contributed by atoms with van der Waals surface area (Å²) in [5.41, 5.74) is 4.28. The first kappa shape index (κ1) is 23.2. The largest absolute Gasteiger partial charge is 0.353 e. The second-order valence-corrected chi connectivity index (χ2v) is 9.51. The molecule has 3 aromatic rings. The number of aryl methyl sites for hydroxylation is 1. The molecule has 6 heteroatoms. The van der Waals surface area contributed by atoms with Gasteiger partial charge in [0.25, 0.3) is 0 Å². The molecule has 1 fully saturated rings. The fraction of sp³-hybridized carbons (Fsp3) is 0.370. The third-order valence-corrected chi connectivity index (χ3v) is 6.28. The summed E-state index contributed by atoms with van der Waals surface area (Å²) in [5, 5.41) is 0.730. The molecule has 0 spiro atoms. The van der Waals surface area contributed by atoms with Gasteiger partial charge in [0.2, 0.25) is 5.91 Å². The van der Waals surface area contributed by atoms with Gasteiger partial charge in [0.05, 0.1) is 0 Å². The second-order valence-electron chi connectivity index (χ2n) is 9.07. The number of anilines is 1. The predicted molar refractivity (Wildman–Crippen MR) is 135 cm³/mol. The molecule has 0 atom stereocenters. The minimum Gasteiger partial charge on any atom is -0.353 e. The van der Waals surface area contributed by atoms with Crippen LogP contribution in [0.25, 0.3) is 11.4 Å². The lowest BCUT2D eigenvalue weighted by atomic mass is 10.0. The van der Waals surface area contributed by atoms with Crippen molar-refractivity contribution in [2.75, 3.05) is 31.1 Å². The predicted octanol–water partition coefficient (Wildman–Crippen LogP) is 5.39. The van der Waals surface area contributed by atoms with Crippen molar-refractivity contribution in [2.45, 2.75) is 33.6 Å². The van der Waals surface area contributed by atoms with E-state index in [1.165, 1.54) is 5.56 Å². The summed E-state index contributed by atoms with van der Waals surface area (Å²) in [6.45, 7) is 9.21. The first-order chi connectivity index (χ1) is 15.9. The lowest BCUT2D eigenvalue weighted by Crippen LogP contribution is -2.49. The number of rotatable bonds is 6. The van der Waals surface area contributed by atoms with Crippen molar-refractivity contribution in [1.82, 2.24) is 14.9 Å². The summed E-state index contributed by atoms with van der Waals surface area (Å²) in [7, 11) is 0. The molecule has 33 heavy (non-hydrogen) atoms. The van der Waals surface area contributed by atoms with Crippen molar-refractivity contribution < 1.29 is 4.79 Å². The van der Waals surface area contributed by atoms with E-state index in [0.29, 0.717) is 12.3 Å². The monoisotopic (exact) mass is 462 g/mol. The average Bonchev–Trinajstić information content (AvgIpc) is 2.82. The molecule has 1 saturated heterocycles. The fourth-order valence-electron chi connectivity index (χ4n) is 4.22. The molecule has 2 heterocycles. The summed E-state index contributed by atoms with van der Waals surface area (Å²) >= 11 is 6.09. The minimum absolute atomic E-state index is 0.245. The average molecular weight is 463 g/mol. The zero-order valence-corrected chi connectivity index (χ0v) is 20.3. The molecule has 0 unspecified atom stereocenters. The molecular formula is C27H31ClN4O. The highest BCUT2D eigenvalue weighted by molar-refractivity contribution is 6.30. The van der Waals surface area contributed by atoms with Crippen LogP contribution in [0.5, 0.6) is 0 Å². The number of nitrogens with zero attached hydrogens (tertiary/aromatic N) is 4. The third kappa shape index (κ3) is 5.72. The zero-order chi connectivity index (χ0) is 23.4. The molecule has 172 valence electrons. The number of halogens is 1. The number of amides is 1. The molecule has 0 N–H and O–H groups in total. The van der Waals surface area contributed by atoms with E-state index < -0.39 is 0 Å². The van der Waals surface area contributed by atoms with Crippen molar-refractivity contribution in [2.24, 2.45) is 5.92 Å². The Morgan fingerprint density at radius 3 is 2.27 bits per heavy atom. The van der Waals surface area contributed by atoms with Crippen LogP contribution in [0.3, 0.4) is 0 Å². The zero-order valence-electron chi connectivity index (χ0n) is 19.6. The van der Waals surface area contributed by atoms with Crippen LogP contribution in [0.1, 0.15) is 37.1 Å². The maximum Gasteiger partial charge on any atom is 0.222 e. The van der Waals surface area contributed by atoms with Crippen molar-refractivity contribution in [1.29, 1.82) is 0 Å². The van der Waals surface area contributed by atoms with Crippen LogP contribution in [0.15, 0.2) is 54.6 Å². The summed E-state index contributed by atoms with van der Waals surface area (Å²) in [5.74, 6) is 2.32. The van der Waals surface area contributed by atoms with Gasteiger partial charge in [0.1, 0.15) is 5.82 Å². The molecule has 1 aromatic heterocycles. The van der Waals surface area contributed by atoms with E-state index in [9.17, 15) is 4.79 Å². The lowest BCUT2D eigenvalue weighted by molar-refractivity contribution is -0.132. The molecule has 0 saturated carbocycles. The molecule has 1 amide bonds. The van der Waals surface area contributed by atoms with Crippen molar-refractivity contribution in [3.05, 3.63) is 76.4 Å². The van der Waals surface area contributed by atoms with Crippen molar-refractivity contribution >= 4 is 23.3 Å². The number of carbonyl (C=O) groups excluding carboxylic acids is 1. The SMILES string of the molecule is Cc1nc(-c2ccccc2)nc(N2CCN(C(=O)CC(C)C)CC2)c1Cc1ccc(Cl)cc1. The number of carbonyl (C=O) groups is 1. The molecule has 1 aliphatic heterocycles. The normalized spacial score (nSPS) is 14.1. The van der Waals surface area contributed by atoms with E-state index in [-0.39, 0.29) is 5.91 Å². The Morgan fingerprint density at radius 1 is 0.970 bits per heavy atom. The van der Waals surface area contributed by atoms with E-state index in [1.807, 2.05) is 47.4 Å². The van der Waals surface area contributed by atoms with E-state index in [1.54, 1.807) is 0 Å². The van der Waals surface area contributed by atoms with Crippen LogP contribution in [0, 0.1) is 12.8 Å². The molecule has 5 nitrogen and oxygen atoms in total. The highest BCUT2D eigenvalue weighted by Gasteiger charge is 2.25. The number of aromatic nitrogens is 2. The number of benzene rings is 2. The Morgan fingerprint density at radius 2 is 1.64 bits per heavy atom. The summed E-state index contributed by atoms with van der Waals surface area (Å²) in [6, 6.07) is 18.1.